The number of halogens is 1. The average Bonchev–Trinajstić information content (AvgIpc) is 2.82. The smallest absolute Gasteiger partial charge is 0.258 e. The second-order valence-corrected chi connectivity index (χ2v) is 5.44. The summed E-state index contributed by atoms with van der Waals surface area (Å²) in [4.78, 5) is 16.1. The van der Waals surface area contributed by atoms with E-state index in [9.17, 15) is 9.18 Å². The zero-order valence-corrected chi connectivity index (χ0v) is 12.8. The summed E-state index contributed by atoms with van der Waals surface area (Å²) in [6.45, 7) is 0.371. The highest BCUT2D eigenvalue weighted by Crippen LogP contribution is 2.35. The van der Waals surface area contributed by atoms with Crippen molar-refractivity contribution >= 4 is 17.3 Å². The van der Waals surface area contributed by atoms with Crippen molar-refractivity contribution in [2.45, 2.75) is 6.54 Å². The van der Waals surface area contributed by atoms with Crippen molar-refractivity contribution in [2.75, 3.05) is 31.0 Å². The SMILES string of the molecule is COc1cc(N2Cc3cc(F)ccc3C2=O)ccc1N(C)C. The van der Waals surface area contributed by atoms with Gasteiger partial charge in [0.15, 0.2) is 0 Å². The molecule has 1 aliphatic heterocycles. The summed E-state index contributed by atoms with van der Waals surface area (Å²) in [6.07, 6.45) is 0. The molecule has 0 aliphatic carbocycles. The fraction of sp³-hybridized carbons (Fsp3) is 0.235. The second-order valence-electron chi connectivity index (χ2n) is 5.44. The van der Waals surface area contributed by atoms with Crippen LogP contribution in [0.1, 0.15) is 15.9 Å². The minimum atomic E-state index is -0.325. The van der Waals surface area contributed by atoms with Crippen LogP contribution in [-0.4, -0.2) is 27.1 Å². The van der Waals surface area contributed by atoms with Crippen LogP contribution in [0.3, 0.4) is 0 Å². The molecule has 0 radical (unpaired) electrons. The van der Waals surface area contributed by atoms with Gasteiger partial charge in [-0.05, 0) is 35.9 Å². The normalized spacial score (nSPS) is 13.3. The number of nitrogens with zero attached hydrogens (tertiary/aromatic N) is 2. The molecule has 22 heavy (non-hydrogen) atoms. The van der Waals surface area contributed by atoms with Crippen molar-refractivity contribution < 1.29 is 13.9 Å². The van der Waals surface area contributed by atoms with Crippen molar-refractivity contribution in [1.29, 1.82) is 0 Å². The zero-order chi connectivity index (χ0) is 15.9. The molecule has 1 aliphatic rings. The Bertz CT molecular complexity index is 743. The van der Waals surface area contributed by atoms with Gasteiger partial charge in [-0.3, -0.25) is 4.79 Å². The highest BCUT2D eigenvalue weighted by molar-refractivity contribution is 6.10. The van der Waals surface area contributed by atoms with E-state index in [0.29, 0.717) is 23.4 Å². The van der Waals surface area contributed by atoms with Crippen LogP contribution < -0.4 is 14.5 Å². The maximum atomic E-state index is 13.3. The third kappa shape index (κ3) is 2.28. The molecule has 2 aromatic rings. The summed E-state index contributed by atoms with van der Waals surface area (Å²) in [5.41, 5.74) is 2.93. The molecule has 5 heteroatoms. The number of methoxy groups -OCH3 is 1. The van der Waals surface area contributed by atoms with E-state index in [0.717, 1.165) is 11.4 Å². The van der Waals surface area contributed by atoms with Crippen LogP contribution in [0.2, 0.25) is 0 Å². The molecular formula is C17H17FN2O2. The monoisotopic (exact) mass is 300 g/mol. The Hall–Kier alpha value is -2.56. The maximum absolute atomic E-state index is 13.3. The zero-order valence-electron chi connectivity index (χ0n) is 12.8. The molecule has 3 rings (SSSR count). The number of benzene rings is 2. The highest BCUT2D eigenvalue weighted by atomic mass is 19.1. The molecule has 0 unspecified atom stereocenters. The highest BCUT2D eigenvalue weighted by Gasteiger charge is 2.29. The van der Waals surface area contributed by atoms with Gasteiger partial charge in [0.05, 0.1) is 19.3 Å². The summed E-state index contributed by atoms with van der Waals surface area (Å²) < 4.78 is 18.7. The molecule has 2 aromatic carbocycles. The van der Waals surface area contributed by atoms with Gasteiger partial charge in [0, 0.05) is 31.4 Å². The van der Waals surface area contributed by atoms with Crippen molar-refractivity contribution in [3.63, 3.8) is 0 Å². The first-order valence-corrected chi connectivity index (χ1v) is 6.97. The molecule has 114 valence electrons. The van der Waals surface area contributed by atoms with Crippen molar-refractivity contribution in [1.82, 2.24) is 0 Å². The molecule has 0 N–H and O–H groups in total. The molecule has 0 bridgehead atoms. The third-order valence-corrected chi connectivity index (χ3v) is 3.83. The van der Waals surface area contributed by atoms with Crippen molar-refractivity contribution in [3.8, 4) is 5.75 Å². The molecule has 0 spiro atoms. The van der Waals surface area contributed by atoms with Gasteiger partial charge in [0.2, 0.25) is 0 Å². The summed E-state index contributed by atoms with van der Waals surface area (Å²) >= 11 is 0. The van der Waals surface area contributed by atoms with Gasteiger partial charge in [-0.2, -0.15) is 0 Å². The Morgan fingerprint density at radius 1 is 1.18 bits per heavy atom. The standard InChI is InChI=1S/C17H17FN2O2/c1-19(2)15-7-5-13(9-16(15)22-3)20-10-11-8-12(18)4-6-14(11)17(20)21/h4-9H,10H2,1-3H3. The van der Waals surface area contributed by atoms with E-state index >= 15 is 0 Å². The van der Waals surface area contributed by atoms with E-state index in [1.54, 1.807) is 18.1 Å². The lowest BCUT2D eigenvalue weighted by molar-refractivity contribution is 0.0996. The van der Waals surface area contributed by atoms with E-state index in [1.807, 2.05) is 37.2 Å². The second kappa shape index (κ2) is 5.33. The van der Waals surface area contributed by atoms with Gasteiger partial charge in [-0.1, -0.05) is 0 Å². The molecule has 0 saturated heterocycles. The van der Waals surface area contributed by atoms with E-state index in [2.05, 4.69) is 0 Å². The maximum Gasteiger partial charge on any atom is 0.258 e. The van der Waals surface area contributed by atoms with Crippen molar-refractivity contribution in [3.05, 3.63) is 53.3 Å². The van der Waals surface area contributed by atoms with Crippen molar-refractivity contribution in [2.24, 2.45) is 0 Å². The topological polar surface area (TPSA) is 32.8 Å². The molecule has 0 aromatic heterocycles. The lowest BCUT2D eigenvalue weighted by atomic mass is 10.1. The number of hydrogen-bond acceptors (Lipinski definition) is 3. The van der Waals surface area contributed by atoms with Gasteiger partial charge in [0.25, 0.3) is 5.91 Å². The average molecular weight is 300 g/mol. The molecule has 0 saturated carbocycles. The summed E-state index contributed by atoms with van der Waals surface area (Å²) in [5.74, 6) is 0.251. The first-order chi connectivity index (χ1) is 10.5. The first-order valence-electron chi connectivity index (χ1n) is 6.97. The molecule has 1 amide bonds. The van der Waals surface area contributed by atoms with E-state index < -0.39 is 0 Å². The van der Waals surface area contributed by atoms with E-state index in [1.165, 1.54) is 12.1 Å². The fourth-order valence-electron chi connectivity index (χ4n) is 2.70. The van der Waals surface area contributed by atoms with Gasteiger partial charge in [0.1, 0.15) is 11.6 Å². The minimum absolute atomic E-state index is 0.116. The Labute approximate surface area is 128 Å². The predicted molar refractivity (Wildman–Crippen MR) is 84.2 cm³/mol. The van der Waals surface area contributed by atoms with Gasteiger partial charge < -0.3 is 14.5 Å². The van der Waals surface area contributed by atoms with Crippen LogP contribution in [0.4, 0.5) is 15.8 Å². The van der Waals surface area contributed by atoms with Crippen LogP contribution in [0.15, 0.2) is 36.4 Å². The Morgan fingerprint density at radius 3 is 2.64 bits per heavy atom. The van der Waals surface area contributed by atoms with Gasteiger partial charge >= 0.3 is 0 Å². The van der Waals surface area contributed by atoms with Gasteiger partial charge in [-0.25, -0.2) is 4.39 Å². The molecule has 1 heterocycles. The number of carbonyl (C=O) groups is 1. The predicted octanol–water partition coefficient (Wildman–Crippen LogP) is 3.06. The lowest BCUT2D eigenvalue weighted by Crippen LogP contribution is -2.23. The number of amides is 1. The number of rotatable bonds is 3. The molecule has 0 atom stereocenters. The van der Waals surface area contributed by atoms with Crippen LogP contribution in [0.5, 0.6) is 5.75 Å². The Balaban J connectivity index is 1.98. The van der Waals surface area contributed by atoms with Crippen LogP contribution >= 0.6 is 0 Å². The van der Waals surface area contributed by atoms with Crippen LogP contribution in [0, 0.1) is 5.82 Å². The largest absolute Gasteiger partial charge is 0.495 e. The van der Waals surface area contributed by atoms with Gasteiger partial charge in [-0.15, -0.1) is 0 Å². The number of anilines is 2. The molecule has 4 nitrogen and oxygen atoms in total. The number of fused-ring (bicyclic) bond motifs is 1. The summed E-state index contributed by atoms with van der Waals surface area (Å²) in [6, 6.07) is 9.88. The molecular weight excluding hydrogens is 283 g/mol. The third-order valence-electron chi connectivity index (χ3n) is 3.83. The number of hydrogen-bond donors (Lipinski definition) is 0. The van der Waals surface area contributed by atoms with Crippen LogP contribution in [-0.2, 0) is 6.54 Å². The summed E-state index contributed by atoms with van der Waals surface area (Å²) in [5, 5.41) is 0. The first kappa shape index (κ1) is 14.4. The van der Waals surface area contributed by atoms with E-state index in [4.69, 9.17) is 4.74 Å². The van der Waals surface area contributed by atoms with Crippen LogP contribution in [0.25, 0.3) is 0 Å². The Morgan fingerprint density at radius 2 is 1.95 bits per heavy atom. The fourth-order valence-corrected chi connectivity index (χ4v) is 2.70. The number of ether oxygens (including phenoxy) is 1. The minimum Gasteiger partial charge on any atom is -0.495 e. The number of carbonyl (C=O) groups excluding carboxylic acids is 1. The molecule has 0 fully saturated rings. The summed E-state index contributed by atoms with van der Waals surface area (Å²) in [7, 11) is 5.45. The lowest BCUT2D eigenvalue weighted by Gasteiger charge is -2.21. The quantitative estimate of drug-likeness (QED) is 0.873. The Kier molecular flexibility index (Phi) is 3.48. The van der Waals surface area contributed by atoms with E-state index in [-0.39, 0.29) is 11.7 Å².